The normalized spacial score (nSPS) is 14.9. The van der Waals surface area contributed by atoms with Gasteiger partial charge in [-0.15, -0.1) is 23.7 Å². The zero-order valence-electron chi connectivity index (χ0n) is 12.6. The number of nitrogens with one attached hydrogen (secondary N) is 1. The van der Waals surface area contributed by atoms with Crippen molar-refractivity contribution in [3.63, 3.8) is 0 Å². The van der Waals surface area contributed by atoms with E-state index in [0.717, 1.165) is 28.4 Å². The van der Waals surface area contributed by atoms with Crippen LogP contribution < -0.4 is 10.9 Å². The first kappa shape index (κ1) is 16.9. The lowest BCUT2D eigenvalue weighted by Gasteiger charge is -2.27. The number of carbonyl (C=O) groups is 1. The van der Waals surface area contributed by atoms with Crippen LogP contribution in [0.25, 0.3) is 10.2 Å². The molecule has 0 spiro atoms. The lowest BCUT2D eigenvalue weighted by atomic mass is 10.2. The summed E-state index contributed by atoms with van der Waals surface area (Å²) in [4.78, 5) is 32.7. The fourth-order valence-corrected chi connectivity index (χ4v) is 3.53. The molecule has 3 rings (SSSR count). The van der Waals surface area contributed by atoms with E-state index in [0.29, 0.717) is 18.5 Å². The molecule has 1 aliphatic rings. The van der Waals surface area contributed by atoms with Crippen LogP contribution in [0.1, 0.15) is 10.4 Å². The zero-order valence-corrected chi connectivity index (χ0v) is 14.2. The van der Waals surface area contributed by atoms with Gasteiger partial charge < -0.3 is 10.2 Å². The Balaban J connectivity index is 0.00000176. The van der Waals surface area contributed by atoms with Gasteiger partial charge in [-0.3, -0.25) is 14.2 Å². The molecule has 2 aromatic heterocycles. The molecular formula is C14H19ClN4O2S. The first-order chi connectivity index (χ1) is 10.1. The monoisotopic (exact) mass is 342 g/mol. The molecule has 1 N–H and O–H groups in total. The van der Waals surface area contributed by atoms with Crippen molar-refractivity contribution < 1.29 is 4.79 Å². The van der Waals surface area contributed by atoms with Crippen LogP contribution in [0.2, 0.25) is 0 Å². The van der Waals surface area contributed by atoms with Gasteiger partial charge >= 0.3 is 0 Å². The van der Waals surface area contributed by atoms with E-state index in [2.05, 4.69) is 10.3 Å². The van der Waals surface area contributed by atoms with E-state index in [1.165, 1.54) is 22.2 Å². The molecule has 1 aliphatic heterocycles. The highest BCUT2D eigenvalue weighted by atomic mass is 35.5. The van der Waals surface area contributed by atoms with Gasteiger partial charge in [0.05, 0.1) is 11.7 Å². The molecule has 2 aromatic rings. The Morgan fingerprint density at radius 1 is 1.36 bits per heavy atom. The average Bonchev–Trinajstić information content (AvgIpc) is 2.79. The molecule has 8 heteroatoms. The van der Waals surface area contributed by atoms with Crippen LogP contribution in [0.15, 0.2) is 11.1 Å². The number of aryl methyl sites for hydroxylation is 2. The summed E-state index contributed by atoms with van der Waals surface area (Å²) in [5.41, 5.74) is 0.849. The second-order valence-electron chi connectivity index (χ2n) is 5.27. The van der Waals surface area contributed by atoms with Crippen LogP contribution in [0, 0.1) is 13.8 Å². The van der Waals surface area contributed by atoms with Crippen LogP contribution in [0.5, 0.6) is 0 Å². The van der Waals surface area contributed by atoms with Crippen molar-refractivity contribution in [2.24, 2.45) is 0 Å². The van der Waals surface area contributed by atoms with Gasteiger partial charge in [0.25, 0.3) is 5.56 Å². The number of halogens is 1. The smallest absolute Gasteiger partial charge is 0.262 e. The summed E-state index contributed by atoms with van der Waals surface area (Å²) < 4.78 is 1.42. The minimum absolute atomic E-state index is 0. The quantitative estimate of drug-likeness (QED) is 0.881. The summed E-state index contributed by atoms with van der Waals surface area (Å²) in [7, 11) is 0. The van der Waals surface area contributed by atoms with Crippen LogP contribution in [-0.2, 0) is 11.3 Å². The molecule has 1 fully saturated rings. The maximum absolute atomic E-state index is 12.5. The first-order valence-electron chi connectivity index (χ1n) is 7.01. The lowest BCUT2D eigenvalue weighted by Crippen LogP contribution is -2.48. The van der Waals surface area contributed by atoms with Crippen molar-refractivity contribution >= 4 is 39.9 Å². The minimum atomic E-state index is -0.120. The van der Waals surface area contributed by atoms with Crippen molar-refractivity contribution in [1.82, 2.24) is 19.8 Å². The Bertz CT molecular complexity index is 749. The Labute approximate surface area is 138 Å². The van der Waals surface area contributed by atoms with Crippen LogP contribution in [0.3, 0.4) is 0 Å². The number of aromatic nitrogens is 2. The summed E-state index contributed by atoms with van der Waals surface area (Å²) in [5.74, 6) is -0.0237. The third-order valence-corrected chi connectivity index (χ3v) is 5.05. The minimum Gasteiger partial charge on any atom is -0.339 e. The molecule has 0 radical (unpaired) electrons. The van der Waals surface area contributed by atoms with E-state index < -0.39 is 0 Å². The molecule has 0 bridgehead atoms. The fraction of sp³-hybridized carbons (Fsp3) is 0.500. The molecule has 3 heterocycles. The highest BCUT2D eigenvalue weighted by Gasteiger charge is 2.18. The average molecular weight is 343 g/mol. The Morgan fingerprint density at radius 2 is 2.05 bits per heavy atom. The van der Waals surface area contributed by atoms with Gasteiger partial charge in [0.2, 0.25) is 5.91 Å². The highest BCUT2D eigenvalue weighted by Crippen LogP contribution is 2.25. The highest BCUT2D eigenvalue weighted by molar-refractivity contribution is 7.18. The molecule has 22 heavy (non-hydrogen) atoms. The SMILES string of the molecule is Cc1sc2ncn(CC(=O)N3CCNCC3)c(=O)c2c1C.Cl. The van der Waals surface area contributed by atoms with Gasteiger partial charge in [-0.25, -0.2) is 4.98 Å². The standard InChI is InChI=1S/C14H18N4O2S.ClH/c1-9-10(2)21-13-12(9)14(20)18(8-16-13)7-11(19)17-5-3-15-4-6-17;/h8,15H,3-7H2,1-2H3;1H. The van der Waals surface area contributed by atoms with E-state index in [1.807, 2.05) is 13.8 Å². The Kier molecular flexibility index (Phi) is 5.20. The molecule has 0 unspecified atom stereocenters. The molecular weight excluding hydrogens is 324 g/mol. The number of nitrogens with zero attached hydrogens (tertiary/aromatic N) is 3. The number of thiophene rings is 1. The third-order valence-electron chi connectivity index (χ3n) is 3.93. The number of fused-ring (bicyclic) bond motifs is 1. The summed E-state index contributed by atoms with van der Waals surface area (Å²) in [5, 5.41) is 3.85. The van der Waals surface area contributed by atoms with Crippen LogP contribution >= 0.6 is 23.7 Å². The molecule has 0 aliphatic carbocycles. The van der Waals surface area contributed by atoms with Crippen molar-refractivity contribution in [2.45, 2.75) is 20.4 Å². The molecule has 6 nitrogen and oxygen atoms in total. The van der Waals surface area contributed by atoms with Gasteiger partial charge in [-0.1, -0.05) is 0 Å². The van der Waals surface area contributed by atoms with E-state index in [1.54, 1.807) is 4.90 Å². The number of hydrogen-bond donors (Lipinski definition) is 1. The zero-order chi connectivity index (χ0) is 15.0. The lowest BCUT2D eigenvalue weighted by molar-refractivity contribution is -0.132. The van der Waals surface area contributed by atoms with E-state index in [-0.39, 0.29) is 30.4 Å². The number of piperazine rings is 1. The number of hydrogen-bond acceptors (Lipinski definition) is 5. The maximum atomic E-state index is 12.5. The van der Waals surface area contributed by atoms with E-state index in [4.69, 9.17) is 0 Å². The Morgan fingerprint density at radius 3 is 2.73 bits per heavy atom. The van der Waals surface area contributed by atoms with Crippen LogP contribution in [0.4, 0.5) is 0 Å². The number of carbonyl (C=O) groups excluding carboxylic acids is 1. The van der Waals surface area contributed by atoms with Gasteiger partial charge in [0, 0.05) is 31.1 Å². The molecule has 0 saturated carbocycles. The summed E-state index contributed by atoms with van der Waals surface area (Å²) in [6, 6.07) is 0. The second-order valence-corrected chi connectivity index (χ2v) is 6.48. The summed E-state index contributed by atoms with van der Waals surface area (Å²) in [6.45, 7) is 6.98. The molecule has 0 aromatic carbocycles. The van der Waals surface area contributed by atoms with Crippen molar-refractivity contribution in [3.8, 4) is 0 Å². The molecule has 1 amide bonds. The molecule has 120 valence electrons. The number of amides is 1. The maximum Gasteiger partial charge on any atom is 0.262 e. The van der Waals surface area contributed by atoms with Crippen molar-refractivity contribution in [1.29, 1.82) is 0 Å². The Hall–Kier alpha value is -1.44. The predicted octanol–water partition coefficient (Wildman–Crippen LogP) is 0.928. The van der Waals surface area contributed by atoms with Crippen molar-refractivity contribution in [2.75, 3.05) is 26.2 Å². The topological polar surface area (TPSA) is 67.2 Å². The van der Waals surface area contributed by atoms with E-state index >= 15 is 0 Å². The van der Waals surface area contributed by atoms with Gasteiger partial charge in [0.1, 0.15) is 11.4 Å². The van der Waals surface area contributed by atoms with E-state index in [9.17, 15) is 9.59 Å². The largest absolute Gasteiger partial charge is 0.339 e. The summed E-state index contributed by atoms with van der Waals surface area (Å²) in [6.07, 6.45) is 1.49. The van der Waals surface area contributed by atoms with Gasteiger partial charge in [0.15, 0.2) is 0 Å². The summed E-state index contributed by atoms with van der Waals surface area (Å²) >= 11 is 1.52. The third kappa shape index (κ3) is 3.02. The molecule has 0 atom stereocenters. The number of rotatable bonds is 2. The molecule has 1 saturated heterocycles. The predicted molar refractivity (Wildman–Crippen MR) is 90.1 cm³/mol. The van der Waals surface area contributed by atoms with Crippen molar-refractivity contribution in [3.05, 3.63) is 27.1 Å². The first-order valence-corrected chi connectivity index (χ1v) is 7.83. The van der Waals surface area contributed by atoms with Gasteiger partial charge in [-0.05, 0) is 19.4 Å². The van der Waals surface area contributed by atoms with Crippen LogP contribution in [-0.4, -0.2) is 46.5 Å². The fourth-order valence-electron chi connectivity index (χ4n) is 2.54. The second kappa shape index (κ2) is 6.76. The van der Waals surface area contributed by atoms with Gasteiger partial charge in [-0.2, -0.15) is 0 Å².